The molecular formula is C27H27F7O. The predicted octanol–water partition coefficient (Wildman–Crippen LogP) is 8.78. The van der Waals surface area contributed by atoms with Gasteiger partial charge in [-0.3, -0.25) is 0 Å². The van der Waals surface area contributed by atoms with E-state index < -0.39 is 46.5 Å². The molecule has 2 aromatic rings. The largest absolute Gasteiger partial charge is 0.429 e. The molecular weight excluding hydrogens is 473 g/mol. The summed E-state index contributed by atoms with van der Waals surface area (Å²) in [4.78, 5) is 0. The molecule has 0 unspecified atom stereocenters. The molecule has 0 saturated heterocycles. The Morgan fingerprint density at radius 2 is 1.29 bits per heavy atom. The summed E-state index contributed by atoms with van der Waals surface area (Å²) in [5.74, 6) is -8.14. The van der Waals surface area contributed by atoms with Crippen LogP contribution in [0, 0.1) is 46.8 Å². The van der Waals surface area contributed by atoms with Crippen LogP contribution in [-0.2, 0) is 6.11 Å². The van der Waals surface area contributed by atoms with Crippen LogP contribution in [0.4, 0.5) is 30.7 Å². The van der Waals surface area contributed by atoms with Crippen LogP contribution in [0.25, 0.3) is 0 Å². The van der Waals surface area contributed by atoms with Crippen molar-refractivity contribution in [3.05, 3.63) is 77.1 Å². The average molecular weight is 500 g/mol. The maximum atomic E-state index is 14.9. The first-order chi connectivity index (χ1) is 16.6. The van der Waals surface area contributed by atoms with Crippen molar-refractivity contribution in [2.45, 2.75) is 63.4 Å². The van der Waals surface area contributed by atoms with Crippen molar-refractivity contribution in [3.63, 3.8) is 0 Å². The fourth-order valence-electron chi connectivity index (χ4n) is 5.65. The van der Waals surface area contributed by atoms with Crippen molar-refractivity contribution in [3.8, 4) is 5.75 Å². The number of rotatable bonds is 6. The van der Waals surface area contributed by atoms with Crippen LogP contribution in [0.15, 0.2) is 36.9 Å². The van der Waals surface area contributed by atoms with Crippen molar-refractivity contribution in [1.82, 2.24) is 0 Å². The second kappa shape index (κ2) is 10.2. The Labute approximate surface area is 200 Å². The van der Waals surface area contributed by atoms with E-state index in [1.165, 1.54) is 0 Å². The number of hydrogen-bond acceptors (Lipinski definition) is 1. The molecule has 0 aliphatic heterocycles. The van der Waals surface area contributed by atoms with Gasteiger partial charge in [0.1, 0.15) is 11.3 Å². The van der Waals surface area contributed by atoms with Crippen molar-refractivity contribution >= 4 is 0 Å². The Morgan fingerprint density at radius 1 is 0.743 bits per heavy atom. The highest BCUT2D eigenvalue weighted by atomic mass is 19.3. The molecule has 8 heteroatoms. The number of benzene rings is 2. The molecule has 2 aliphatic rings. The van der Waals surface area contributed by atoms with Gasteiger partial charge in [-0.1, -0.05) is 12.1 Å². The van der Waals surface area contributed by atoms with Crippen LogP contribution in [0.5, 0.6) is 5.75 Å². The number of alkyl halides is 2. The van der Waals surface area contributed by atoms with Gasteiger partial charge in [0.25, 0.3) is 0 Å². The molecule has 35 heavy (non-hydrogen) atoms. The van der Waals surface area contributed by atoms with Gasteiger partial charge in [-0.25, -0.2) is 22.0 Å². The lowest BCUT2D eigenvalue weighted by molar-refractivity contribution is -0.188. The minimum absolute atomic E-state index is 0.0368. The van der Waals surface area contributed by atoms with Gasteiger partial charge in [0.15, 0.2) is 29.1 Å². The lowest BCUT2D eigenvalue weighted by Crippen LogP contribution is -2.26. The lowest BCUT2D eigenvalue weighted by atomic mass is 9.68. The lowest BCUT2D eigenvalue weighted by Gasteiger charge is -2.37. The van der Waals surface area contributed by atoms with Crippen molar-refractivity contribution in [1.29, 1.82) is 0 Å². The number of ether oxygens (including phenoxy) is 1. The van der Waals surface area contributed by atoms with E-state index in [4.69, 9.17) is 0 Å². The molecule has 0 amide bonds. The monoisotopic (exact) mass is 500 g/mol. The molecule has 0 radical (unpaired) electrons. The van der Waals surface area contributed by atoms with E-state index in [1.807, 2.05) is 6.08 Å². The summed E-state index contributed by atoms with van der Waals surface area (Å²) in [5.41, 5.74) is -1.37. The van der Waals surface area contributed by atoms with Crippen molar-refractivity contribution in [2.24, 2.45) is 17.8 Å². The summed E-state index contributed by atoms with van der Waals surface area (Å²) in [6.07, 6.45) is 5.13. The zero-order valence-corrected chi connectivity index (χ0v) is 19.1. The summed E-state index contributed by atoms with van der Waals surface area (Å²) in [6.45, 7) is 3.87. The number of allylic oxidation sites excluding steroid dienone is 1. The highest BCUT2D eigenvalue weighted by molar-refractivity contribution is 5.33. The van der Waals surface area contributed by atoms with Gasteiger partial charge in [0.2, 0.25) is 0 Å². The van der Waals surface area contributed by atoms with E-state index in [2.05, 4.69) is 11.3 Å². The maximum absolute atomic E-state index is 14.9. The molecule has 2 aliphatic carbocycles. The average Bonchev–Trinajstić information content (AvgIpc) is 2.84. The number of halogens is 7. The van der Waals surface area contributed by atoms with Crippen molar-refractivity contribution < 1.29 is 35.5 Å². The molecule has 2 fully saturated rings. The third kappa shape index (κ3) is 5.36. The first-order valence-electron chi connectivity index (χ1n) is 11.9. The quantitative estimate of drug-likeness (QED) is 0.219. The summed E-state index contributed by atoms with van der Waals surface area (Å²) in [5, 5.41) is 0. The van der Waals surface area contributed by atoms with Crippen LogP contribution in [-0.4, -0.2) is 0 Å². The van der Waals surface area contributed by atoms with Crippen LogP contribution >= 0.6 is 0 Å². The molecule has 2 saturated carbocycles. The van der Waals surface area contributed by atoms with Gasteiger partial charge in [-0.2, -0.15) is 8.78 Å². The molecule has 0 N–H and O–H groups in total. The summed E-state index contributed by atoms with van der Waals surface area (Å²) >= 11 is 0. The van der Waals surface area contributed by atoms with E-state index in [-0.39, 0.29) is 23.6 Å². The molecule has 2 aromatic carbocycles. The first-order valence-corrected chi connectivity index (χ1v) is 11.9. The molecule has 190 valence electrons. The highest BCUT2D eigenvalue weighted by Gasteiger charge is 2.41. The standard InChI is InChI=1S/C27H27F7O/c1-2-15-3-5-16(6-4-15)17-7-9-18(10-8-17)20-11-12-21(25(31)24(20)30)27(33,34)35-19-13-22(28)26(32)23(29)14-19/h2,11-18H,1,3-10H2. The van der Waals surface area contributed by atoms with E-state index in [9.17, 15) is 30.7 Å². The van der Waals surface area contributed by atoms with E-state index in [0.717, 1.165) is 50.7 Å². The Hall–Kier alpha value is -2.51. The summed E-state index contributed by atoms with van der Waals surface area (Å²) in [6, 6.07) is 2.26. The molecule has 0 heterocycles. The third-order valence-electron chi connectivity index (χ3n) is 7.66. The van der Waals surface area contributed by atoms with Gasteiger partial charge in [0, 0.05) is 12.1 Å². The van der Waals surface area contributed by atoms with Crippen molar-refractivity contribution in [2.75, 3.05) is 0 Å². The van der Waals surface area contributed by atoms with Gasteiger partial charge < -0.3 is 4.74 Å². The molecule has 0 bridgehead atoms. The fourth-order valence-corrected chi connectivity index (χ4v) is 5.65. The molecule has 4 rings (SSSR count). The molecule has 1 nitrogen and oxygen atoms in total. The fraction of sp³-hybridized carbons (Fsp3) is 0.481. The summed E-state index contributed by atoms with van der Waals surface area (Å²) < 4.78 is 103. The smallest absolute Gasteiger partial charge is 0.429 e. The topological polar surface area (TPSA) is 9.23 Å². The zero-order chi connectivity index (χ0) is 25.3. The highest BCUT2D eigenvalue weighted by Crippen LogP contribution is 2.45. The van der Waals surface area contributed by atoms with Gasteiger partial charge >= 0.3 is 6.11 Å². The van der Waals surface area contributed by atoms with Crippen LogP contribution < -0.4 is 4.74 Å². The second-order valence-corrected chi connectivity index (χ2v) is 9.67. The van der Waals surface area contributed by atoms with Crippen LogP contribution in [0.3, 0.4) is 0 Å². The third-order valence-corrected chi connectivity index (χ3v) is 7.66. The minimum Gasteiger partial charge on any atom is -0.429 e. The maximum Gasteiger partial charge on any atom is 0.429 e. The molecule has 0 spiro atoms. The predicted molar refractivity (Wildman–Crippen MR) is 118 cm³/mol. The van der Waals surface area contributed by atoms with E-state index >= 15 is 0 Å². The minimum atomic E-state index is -4.44. The molecule has 0 aromatic heterocycles. The zero-order valence-electron chi connectivity index (χ0n) is 19.1. The van der Waals surface area contributed by atoms with Gasteiger partial charge in [-0.15, -0.1) is 6.58 Å². The normalized spacial score (nSPS) is 25.3. The van der Waals surface area contributed by atoms with Crippen LogP contribution in [0.1, 0.15) is 68.4 Å². The Kier molecular flexibility index (Phi) is 7.48. The van der Waals surface area contributed by atoms with E-state index in [0.29, 0.717) is 30.6 Å². The number of hydrogen-bond donors (Lipinski definition) is 0. The Bertz CT molecular complexity index is 1040. The van der Waals surface area contributed by atoms with Crippen LogP contribution in [0.2, 0.25) is 0 Å². The Balaban J connectivity index is 1.45. The Morgan fingerprint density at radius 3 is 1.83 bits per heavy atom. The summed E-state index contributed by atoms with van der Waals surface area (Å²) in [7, 11) is 0. The van der Waals surface area contributed by atoms with Gasteiger partial charge in [0.05, 0.1) is 0 Å². The first kappa shape index (κ1) is 25.6. The SMILES string of the molecule is C=CC1CCC(C2CCC(c3ccc(C(F)(F)Oc4cc(F)c(F)c(F)c4)c(F)c3F)CC2)CC1. The molecule has 0 atom stereocenters. The van der Waals surface area contributed by atoms with E-state index in [1.54, 1.807) is 0 Å². The van der Waals surface area contributed by atoms with Gasteiger partial charge in [-0.05, 0) is 86.7 Å². The second-order valence-electron chi connectivity index (χ2n) is 9.67.